The smallest absolute Gasteiger partial charge is 0.0506 e. The van der Waals surface area contributed by atoms with Crippen molar-refractivity contribution in [1.29, 1.82) is 0 Å². The van der Waals surface area contributed by atoms with Crippen LogP contribution >= 0.6 is 0 Å². The van der Waals surface area contributed by atoms with Gasteiger partial charge in [0, 0.05) is 35.9 Å². The predicted molar refractivity (Wildman–Crippen MR) is 83.0 cm³/mol. The number of fused-ring (bicyclic) bond motifs is 1. The molecule has 0 radical (unpaired) electrons. The van der Waals surface area contributed by atoms with Crippen LogP contribution in [-0.4, -0.2) is 17.7 Å². The minimum atomic E-state index is 0.141. The molecule has 1 aliphatic rings. The van der Waals surface area contributed by atoms with Crippen LogP contribution in [0.1, 0.15) is 40.0 Å². The van der Waals surface area contributed by atoms with Crippen molar-refractivity contribution in [1.82, 2.24) is 4.57 Å². The van der Waals surface area contributed by atoms with Gasteiger partial charge in [-0.15, -0.1) is 0 Å². The maximum absolute atomic E-state index is 2.55. The van der Waals surface area contributed by atoms with Crippen molar-refractivity contribution >= 4 is 16.6 Å². The van der Waals surface area contributed by atoms with Gasteiger partial charge in [-0.3, -0.25) is 0 Å². The highest BCUT2D eigenvalue weighted by molar-refractivity contribution is 5.93. The molecule has 0 aliphatic carbocycles. The van der Waals surface area contributed by atoms with Crippen LogP contribution in [0.3, 0.4) is 0 Å². The standard InChI is InChI=1S/C17H24N2/c1-17(2,3)19-13-10-14-15(8-7-9-16(14)19)18-11-5-4-6-12-18/h7-10,13H,4-6,11-12H2,1-3H3. The molecule has 1 fully saturated rings. The summed E-state index contributed by atoms with van der Waals surface area (Å²) < 4.78 is 2.38. The number of nitrogens with zero attached hydrogens (tertiary/aromatic N) is 2. The third-order valence-corrected chi connectivity index (χ3v) is 4.13. The fraction of sp³-hybridized carbons (Fsp3) is 0.529. The summed E-state index contributed by atoms with van der Waals surface area (Å²) >= 11 is 0. The minimum absolute atomic E-state index is 0.141. The lowest BCUT2D eigenvalue weighted by Gasteiger charge is -2.30. The average molecular weight is 256 g/mol. The fourth-order valence-corrected chi connectivity index (χ4v) is 3.15. The zero-order valence-corrected chi connectivity index (χ0v) is 12.3. The number of piperidine rings is 1. The molecule has 0 saturated carbocycles. The first-order valence-electron chi connectivity index (χ1n) is 7.43. The summed E-state index contributed by atoms with van der Waals surface area (Å²) in [6.45, 7) is 9.21. The molecule has 0 spiro atoms. The molecule has 0 atom stereocenters. The van der Waals surface area contributed by atoms with Gasteiger partial charge in [0.05, 0.1) is 5.52 Å². The van der Waals surface area contributed by atoms with Crippen molar-refractivity contribution in [2.75, 3.05) is 18.0 Å². The summed E-state index contributed by atoms with van der Waals surface area (Å²) in [5, 5.41) is 1.40. The van der Waals surface area contributed by atoms with Crippen molar-refractivity contribution in [3.8, 4) is 0 Å². The van der Waals surface area contributed by atoms with E-state index >= 15 is 0 Å². The number of hydrogen-bond acceptors (Lipinski definition) is 1. The maximum Gasteiger partial charge on any atom is 0.0506 e. The van der Waals surface area contributed by atoms with Crippen LogP contribution in [0.25, 0.3) is 10.9 Å². The number of hydrogen-bond donors (Lipinski definition) is 0. The second-order valence-electron chi connectivity index (χ2n) is 6.61. The number of benzene rings is 1. The van der Waals surface area contributed by atoms with Crippen LogP contribution < -0.4 is 4.90 Å². The number of rotatable bonds is 1. The molecular formula is C17H24N2. The van der Waals surface area contributed by atoms with E-state index in [4.69, 9.17) is 0 Å². The normalized spacial score (nSPS) is 17.1. The van der Waals surface area contributed by atoms with Gasteiger partial charge in [-0.2, -0.15) is 0 Å². The first kappa shape index (κ1) is 12.6. The van der Waals surface area contributed by atoms with Crippen molar-refractivity contribution in [3.63, 3.8) is 0 Å². The Bertz CT molecular complexity index is 568. The van der Waals surface area contributed by atoms with Gasteiger partial charge >= 0.3 is 0 Å². The van der Waals surface area contributed by atoms with Crippen molar-refractivity contribution in [3.05, 3.63) is 30.5 Å². The molecule has 0 unspecified atom stereocenters. The summed E-state index contributed by atoms with van der Waals surface area (Å²) in [6, 6.07) is 9.01. The van der Waals surface area contributed by atoms with Crippen molar-refractivity contribution < 1.29 is 0 Å². The molecule has 1 aromatic heterocycles. The quantitative estimate of drug-likeness (QED) is 0.735. The van der Waals surface area contributed by atoms with E-state index in [9.17, 15) is 0 Å². The lowest BCUT2D eigenvalue weighted by molar-refractivity contribution is 0.411. The third kappa shape index (κ3) is 2.24. The van der Waals surface area contributed by atoms with Gasteiger partial charge in [0.15, 0.2) is 0 Å². The topological polar surface area (TPSA) is 8.17 Å². The van der Waals surface area contributed by atoms with Gasteiger partial charge in [-0.1, -0.05) is 6.07 Å². The van der Waals surface area contributed by atoms with Gasteiger partial charge in [0.2, 0.25) is 0 Å². The first-order chi connectivity index (χ1) is 9.07. The maximum atomic E-state index is 2.55. The Kier molecular flexibility index (Phi) is 3.04. The molecule has 2 aromatic rings. The van der Waals surface area contributed by atoms with E-state index in [-0.39, 0.29) is 5.54 Å². The first-order valence-corrected chi connectivity index (χ1v) is 7.43. The summed E-state index contributed by atoms with van der Waals surface area (Å²) in [6.07, 6.45) is 6.28. The van der Waals surface area contributed by atoms with Gasteiger partial charge < -0.3 is 9.47 Å². The van der Waals surface area contributed by atoms with E-state index in [0.29, 0.717) is 0 Å². The van der Waals surface area contributed by atoms with Gasteiger partial charge in [0.25, 0.3) is 0 Å². The molecule has 1 aliphatic heterocycles. The molecule has 3 rings (SSSR count). The van der Waals surface area contributed by atoms with E-state index in [2.05, 4.69) is 60.7 Å². The largest absolute Gasteiger partial charge is 0.371 e. The molecule has 1 aromatic carbocycles. The summed E-state index contributed by atoms with van der Waals surface area (Å²) in [7, 11) is 0. The van der Waals surface area contributed by atoms with Crippen LogP contribution in [-0.2, 0) is 5.54 Å². The Morgan fingerprint density at radius 1 is 0.947 bits per heavy atom. The van der Waals surface area contributed by atoms with E-state index in [1.54, 1.807) is 0 Å². The SMILES string of the molecule is CC(C)(C)n1ccc2c(N3CCCCC3)cccc21. The monoisotopic (exact) mass is 256 g/mol. The molecule has 0 bridgehead atoms. The Morgan fingerprint density at radius 3 is 2.37 bits per heavy atom. The summed E-state index contributed by atoms with van der Waals surface area (Å²) in [4.78, 5) is 2.55. The van der Waals surface area contributed by atoms with Gasteiger partial charge in [-0.05, 0) is 58.2 Å². The molecule has 2 heterocycles. The Balaban J connectivity index is 2.09. The Morgan fingerprint density at radius 2 is 1.68 bits per heavy atom. The second-order valence-corrected chi connectivity index (χ2v) is 6.61. The molecule has 2 heteroatoms. The van der Waals surface area contributed by atoms with Gasteiger partial charge in [-0.25, -0.2) is 0 Å². The molecule has 19 heavy (non-hydrogen) atoms. The third-order valence-electron chi connectivity index (χ3n) is 4.13. The highest BCUT2D eigenvalue weighted by Crippen LogP contribution is 2.32. The zero-order valence-electron chi connectivity index (χ0n) is 12.3. The number of anilines is 1. The predicted octanol–water partition coefficient (Wildman–Crippen LogP) is 4.39. The zero-order chi connectivity index (χ0) is 13.5. The summed E-state index contributed by atoms with van der Waals surface area (Å²) in [5.41, 5.74) is 2.92. The average Bonchev–Trinajstić information content (AvgIpc) is 2.83. The van der Waals surface area contributed by atoms with Crippen LogP contribution in [0.5, 0.6) is 0 Å². The van der Waals surface area contributed by atoms with Gasteiger partial charge in [0.1, 0.15) is 0 Å². The van der Waals surface area contributed by atoms with E-state index < -0.39 is 0 Å². The van der Waals surface area contributed by atoms with Crippen LogP contribution in [0.4, 0.5) is 5.69 Å². The minimum Gasteiger partial charge on any atom is -0.371 e. The van der Waals surface area contributed by atoms with Crippen LogP contribution in [0.15, 0.2) is 30.5 Å². The summed E-state index contributed by atoms with van der Waals surface area (Å²) in [5.74, 6) is 0. The molecule has 102 valence electrons. The van der Waals surface area contributed by atoms with Crippen molar-refractivity contribution in [2.24, 2.45) is 0 Å². The lowest BCUT2D eigenvalue weighted by atomic mass is 10.1. The van der Waals surface area contributed by atoms with Crippen LogP contribution in [0, 0.1) is 0 Å². The molecule has 0 N–H and O–H groups in total. The van der Waals surface area contributed by atoms with E-state index in [1.807, 2.05) is 0 Å². The van der Waals surface area contributed by atoms with E-state index in [1.165, 1.54) is 48.9 Å². The van der Waals surface area contributed by atoms with Crippen LogP contribution in [0.2, 0.25) is 0 Å². The van der Waals surface area contributed by atoms with E-state index in [0.717, 1.165) is 0 Å². The number of aromatic nitrogens is 1. The fourth-order valence-electron chi connectivity index (χ4n) is 3.15. The molecular weight excluding hydrogens is 232 g/mol. The Labute approximate surface area is 116 Å². The lowest BCUT2D eigenvalue weighted by Crippen LogP contribution is -2.29. The molecule has 0 amide bonds. The molecule has 1 saturated heterocycles. The van der Waals surface area contributed by atoms with Crippen molar-refractivity contribution in [2.45, 2.75) is 45.6 Å². The molecule has 2 nitrogen and oxygen atoms in total. The highest BCUT2D eigenvalue weighted by Gasteiger charge is 2.18. The Hall–Kier alpha value is -1.44. The second kappa shape index (κ2) is 4.59. The highest BCUT2D eigenvalue weighted by atomic mass is 15.1.